The summed E-state index contributed by atoms with van der Waals surface area (Å²) in [6.07, 6.45) is 0.657. The first-order chi connectivity index (χ1) is 8.44. The average molecular weight is 288 g/mol. The lowest BCUT2D eigenvalue weighted by atomic mass is 10.1. The molecule has 1 aromatic rings. The molecule has 4 nitrogen and oxygen atoms in total. The fraction of sp³-hybridized carbons (Fsp3) is 0.417. The number of hydrogen-bond acceptors (Lipinski definition) is 4. The zero-order valence-electron chi connectivity index (χ0n) is 9.97. The van der Waals surface area contributed by atoms with Crippen LogP contribution in [0.4, 0.5) is 0 Å². The highest BCUT2D eigenvalue weighted by molar-refractivity contribution is 8.13. The SMILES string of the molecule is CCC(COc1cccc(C#N)c1)CS(=O)(=O)Cl. The van der Waals surface area contributed by atoms with Crippen LogP contribution in [0.3, 0.4) is 0 Å². The van der Waals surface area contributed by atoms with E-state index in [-0.39, 0.29) is 18.3 Å². The van der Waals surface area contributed by atoms with Crippen molar-refractivity contribution in [3.63, 3.8) is 0 Å². The molecule has 0 saturated heterocycles. The van der Waals surface area contributed by atoms with Gasteiger partial charge >= 0.3 is 0 Å². The summed E-state index contributed by atoms with van der Waals surface area (Å²) in [5, 5.41) is 8.74. The number of hydrogen-bond donors (Lipinski definition) is 0. The molecule has 0 amide bonds. The molecular formula is C12H14ClNO3S. The van der Waals surface area contributed by atoms with Crippen molar-refractivity contribution in [1.29, 1.82) is 5.26 Å². The van der Waals surface area contributed by atoms with Gasteiger partial charge in [-0.3, -0.25) is 0 Å². The Kier molecular flexibility index (Phi) is 5.45. The van der Waals surface area contributed by atoms with E-state index in [2.05, 4.69) is 0 Å². The summed E-state index contributed by atoms with van der Waals surface area (Å²) in [5.74, 6) is 0.293. The number of halogens is 1. The number of rotatable bonds is 6. The lowest BCUT2D eigenvalue weighted by Gasteiger charge is -2.14. The van der Waals surface area contributed by atoms with Crippen LogP contribution in [0.2, 0.25) is 0 Å². The van der Waals surface area contributed by atoms with Gasteiger partial charge in [0.1, 0.15) is 5.75 Å². The minimum Gasteiger partial charge on any atom is -0.493 e. The topological polar surface area (TPSA) is 67.2 Å². The summed E-state index contributed by atoms with van der Waals surface area (Å²) in [4.78, 5) is 0. The molecule has 6 heteroatoms. The fourth-order valence-corrected chi connectivity index (χ4v) is 2.86. The second-order valence-corrected chi connectivity index (χ2v) is 6.75. The van der Waals surface area contributed by atoms with Crippen LogP contribution in [0.1, 0.15) is 18.9 Å². The van der Waals surface area contributed by atoms with E-state index in [1.54, 1.807) is 24.3 Å². The van der Waals surface area contributed by atoms with Gasteiger partial charge in [0.05, 0.1) is 24.0 Å². The van der Waals surface area contributed by atoms with Crippen LogP contribution >= 0.6 is 10.7 Å². The van der Waals surface area contributed by atoms with Gasteiger partial charge in [0.2, 0.25) is 9.05 Å². The standard InChI is InChI=1S/C12H14ClNO3S/c1-2-10(9-18(13,15)16)8-17-12-5-3-4-11(6-12)7-14/h3-6,10H,2,8-9H2,1H3. The highest BCUT2D eigenvalue weighted by Gasteiger charge is 2.16. The number of nitriles is 1. The van der Waals surface area contributed by atoms with Gasteiger partial charge in [-0.1, -0.05) is 13.0 Å². The Bertz CT molecular complexity index is 536. The van der Waals surface area contributed by atoms with E-state index >= 15 is 0 Å². The van der Waals surface area contributed by atoms with E-state index in [4.69, 9.17) is 20.7 Å². The van der Waals surface area contributed by atoms with Crippen LogP contribution < -0.4 is 4.74 Å². The first-order valence-electron chi connectivity index (χ1n) is 5.50. The molecule has 0 N–H and O–H groups in total. The van der Waals surface area contributed by atoms with Crippen molar-refractivity contribution in [3.05, 3.63) is 29.8 Å². The van der Waals surface area contributed by atoms with Crippen LogP contribution in [-0.4, -0.2) is 20.8 Å². The number of ether oxygens (including phenoxy) is 1. The van der Waals surface area contributed by atoms with Gasteiger partial charge in [-0.05, 0) is 24.6 Å². The van der Waals surface area contributed by atoms with Gasteiger partial charge in [0.15, 0.2) is 0 Å². The summed E-state index contributed by atoms with van der Waals surface area (Å²) < 4.78 is 27.4. The summed E-state index contributed by atoms with van der Waals surface area (Å²) in [6, 6.07) is 8.74. The van der Waals surface area contributed by atoms with E-state index in [1.807, 2.05) is 13.0 Å². The van der Waals surface area contributed by atoms with Crippen LogP contribution in [-0.2, 0) is 9.05 Å². The van der Waals surface area contributed by atoms with Crippen LogP contribution in [0.15, 0.2) is 24.3 Å². The Balaban J connectivity index is 2.60. The van der Waals surface area contributed by atoms with Crippen molar-refractivity contribution in [2.45, 2.75) is 13.3 Å². The normalized spacial score (nSPS) is 12.7. The van der Waals surface area contributed by atoms with Gasteiger partial charge in [0.25, 0.3) is 0 Å². The second kappa shape index (κ2) is 6.62. The lowest BCUT2D eigenvalue weighted by Crippen LogP contribution is -2.19. The first-order valence-corrected chi connectivity index (χ1v) is 7.97. The largest absolute Gasteiger partial charge is 0.493 e. The van der Waals surface area contributed by atoms with E-state index in [0.29, 0.717) is 17.7 Å². The summed E-state index contributed by atoms with van der Waals surface area (Å²) in [5.41, 5.74) is 0.505. The monoisotopic (exact) mass is 287 g/mol. The Morgan fingerprint density at radius 2 is 2.22 bits per heavy atom. The molecule has 18 heavy (non-hydrogen) atoms. The molecule has 1 rings (SSSR count). The van der Waals surface area contributed by atoms with Crippen molar-refractivity contribution in [2.75, 3.05) is 12.4 Å². The Morgan fingerprint density at radius 1 is 1.50 bits per heavy atom. The van der Waals surface area contributed by atoms with E-state index < -0.39 is 9.05 Å². The summed E-state index contributed by atoms with van der Waals surface area (Å²) in [7, 11) is 1.70. The molecule has 1 aromatic carbocycles. The maximum absolute atomic E-state index is 11.0. The van der Waals surface area contributed by atoms with E-state index in [9.17, 15) is 8.42 Å². The van der Waals surface area contributed by atoms with Gasteiger partial charge in [-0.15, -0.1) is 0 Å². The quantitative estimate of drug-likeness (QED) is 0.754. The number of benzene rings is 1. The molecule has 0 aliphatic rings. The Morgan fingerprint density at radius 3 is 2.78 bits per heavy atom. The predicted octanol–water partition coefficient (Wildman–Crippen LogP) is 2.53. The number of nitrogens with zero attached hydrogens (tertiary/aromatic N) is 1. The molecule has 1 unspecified atom stereocenters. The molecule has 0 aromatic heterocycles. The zero-order chi connectivity index (χ0) is 13.6. The van der Waals surface area contributed by atoms with Gasteiger partial charge < -0.3 is 4.74 Å². The molecule has 0 spiro atoms. The van der Waals surface area contributed by atoms with Crippen molar-refractivity contribution in [2.24, 2.45) is 5.92 Å². The third-order valence-electron chi connectivity index (χ3n) is 2.46. The maximum Gasteiger partial charge on any atom is 0.232 e. The summed E-state index contributed by atoms with van der Waals surface area (Å²) in [6.45, 7) is 2.14. The maximum atomic E-state index is 11.0. The first kappa shape index (κ1) is 14.8. The van der Waals surface area contributed by atoms with Crippen LogP contribution in [0, 0.1) is 17.2 Å². The molecule has 0 aliphatic heterocycles. The minimum absolute atomic E-state index is 0.108. The van der Waals surface area contributed by atoms with Gasteiger partial charge in [-0.2, -0.15) is 5.26 Å². The Labute approximate surface area is 112 Å². The molecule has 0 heterocycles. The van der Waals surface area contributed by atoms with Crippen molar-refractivity contribution < 1.29 is 13.2 Å². The zero-order valence-corrected chi connectivity index (χ0v) is 11.5. The van der Waals surface area contributed by atoms with Gasteiger partial charge in [0, 0.05) is 16.6 Å². The van der Waals surface area contributed by atoms with E-state index in [1.165, 1.54) is 0 Å². The molecule has 0 aliphatic carbocycles. The summed E-state index contributed by atoms with van der Waals surface area (Å²) >= 11 is 0. The second-order valence-electron chi connectivity index (χ2n) is 3.93. The van der Waals surface area contributed by atoms with Crippen molar-refractivity contribution in [3.8, 4) is 11.8 Å². The predicted molar refractivity (Wildman–Crippen MR) is 70.1 cm³/mol. The smallest absolute Gasteiger partial charge is 0.232 e. The molecular weight excluding hydrogens is 274 g/mol. The van der Waals surface area contributed by atoms with E-state index in [0.717, 1.165) is 0 Å². The molecule has 0 bridgehead atoms. The van der Waals surface area contributed by atoms with Crippen LogP contribution in [0.25, 0.3) is 0 Å². The third-order valence-corrected chi connectivity index (χ3v) is 3.71. The van der Waals surface area contributed by atoms with Crippen LogP contribution in [0.5, 0.6) is 5.75 Å². The molecule has 1 atom stereocenters. The molecule has 98 valence electrons. The highest BCUT2D eigenvalue weighted by atomic mass is 35.7. The van der Waals surface area contributed by atoms with Crippen molar-refractivity contribution >= 4 is 19.7 Å². The van der Waals surface area contributed by atoms with Crippen molar-refractivity contribution in [1.82, 2.24) is 0 Å². The lowest BCUT2D eigenvalue weighted by molar-refractivity contribution is 0.258. The Hall–Kier alpha value is -1.25. The third kappa shape index (κ3) is 5.39. The minimum atomic E-state index is -3.51. The molecule has 0 radical (unpaired) electrons. The highest BCUT2D eigenvalue weighted by Crippen LogP contribution is 2.16. The van der Waals surface area contributed by atoms with Gasteiger partial charge in [-0.25, -0.2) is 8.42 Å². The fourth-order valence-electron chi connectivity index (χ4n) is 1.43. The average Bonchev–Trinajstić information content (AvgIpc) is 2.33. The molecule has 0 fully saturated rings. The molecule has 0 saturated carbocycles.